The van der Waals surface area contributed by atoms with Gasteiger partial charge in [-0.15, -0.1) is 11.3 Å². The molecule has 1 fully saturated rings. The van der Waals surface area contributed by atoms with Crippen molar-refractivity contribution in [2.75, 3.05) is 0 Å². The van der Waals surface area contributed by atoms with Crippen molar-refractivity contribution in [2.24, 2.45) is 11.7 Å². The van der Waals surface area contributed by atoms with E-state index in [1.54, 1.807) is 11.3 Å². The van der Waals surface area contributed by atoms with E-state index in [0.717, 1.165) is 23.8 Å². The minimum Gasteiger partial charge on any atom is -0.321 e. The predicted molar refractivity (Wildman–Crippen MR) is 60.3 cm³/mol. The second-order valence-corrected chi connectivity index (χ2v) is 5.84. The summed E-state index contributed by atoms with van der Waals surface area (Å²) in [5.41, 5.74) is 6.37. The lowest BCUT2D eigenvalue weighted by molar-refractivity contribution is 0.243. The first-order valence-electron chi connectivity index (χ1n) is 5.32. The van der Waals surface area contributed by atoms with Crippen molar-refractivity contribution in [3.63, 3.8) is 0 Å². The maximum absolute atomic E-state index is 6.45. The van der Waals surface area contributed by atoms with E-state index in [-0.39, 0.29) is 5.54 Å². The molecule has 2 nitrogen and oxygen atoms in total. The van der Waals surface area contributed by atoms with Gasteiger partial charge < -0.3 is 5.73 Å². The molecule has 2 atom stereocenters. The Morgan fingerprint density at radius 1 is 1.64 bits per heavy atom. The van der Waals surface area contributed by atoms with E-state index in [1.165, 1.54) is 17.7 Å². The lowest BCUT2D eigenvalue weighted by Gasteiger charge is -2.35. The molecule has 0 radical (unpaired) electrons. The molecule has 0 aromatic carbocycles. The first-order valence-corrected chi connectivity index (χ1v) is 6.13. The number of hydrogen-bond acceptors (Lipinski definition) is 3. The minimum absolute atomic E-state index is 0.0798. The molecular weight excluding hydrogens is 192 g/mol. The summed E-state index contributed by atoms with van der Waals surface area (Å²) in [5, 5.41) is 1.13. The summed E-state index contributed by atoms with van der Waals surface area (Å²) < 4.78 is 0. The van der Waals surface area contributed by atoms with Gasteiger partial charge in [-0.1, -0.05) is 19.8 Å². The molecule has 2 N–H and O–H groups in total. The summed E-state index contributed by atoms with van der Waals surface area (Å²) in [5.74, 6) is 0.760. The topological polar surface area (TPSA) is 38.9 Å². The number of nitrogens with two attached hydrogens (primary N) is 1. The molecular formula is C11H18N2S. The van der Waals surface area contributed by atoms with E-state index in [2.05, 4.69) is 11.9 Å². The lowest BCUT2D eigenvalue weighted by atomic mass is 9.76. The van der Waals surface area contributed by atoms with Crippen molar-refractivity contribution >= 4 is 11.3 Å². The predicted octanol–water partition coefficient (Wildman–Crippen LogP) is 2.82. The third-order valence-electron chi connectivity index (χ3n) is 3.14. The molecule has 0 bridgehead atoms. The fourth-order valence-electron chi connectivity index (χ4n) is 2.41. The molecule has 0 amide bonds. The van der Waals surface area contributed by atoms with Crippen LogP contribution >= 0.6 is 11.3 Å². The molecule has 0 spiro atoms. The summed E-state index contributed by atoms with van der Waals surface area (Å²) in [7, 11) is 0. The van der Waals surface area contributed by atoms with Gasteiger partial charge in [-0.25, -0.2) is 4.98 Å². The molecule has 0 aliphatic heterocycles. The van der Waals surface area contributed by atoms with Crippen LogP contribution in [0.1, 0.15) is 42.5 Å². The Morgan fingerprint density at radius 2 is 2.43 bits per heavy atom. The lowest BCUT2D eigenvalue weighted by Crippen LogP contribution is -2.40. The third-order valence-corrected chi connectivity index (χ3v) is 4.28. The van der Waals surface area contributed by atoms with E-state index in [0.29, 0.717) is 0 Å². The van der Waals surface area contributed by atoms with Gasteiger partial charge in [0, 0.05) is 11.1 Å². The molecule has 2 unspecified atom stereocenters. The number of aromatic nitrogens is 1. The Hall–Kier alpha value is -0.410. The van der Waals surface area contributed by atoms with Gasteiger partial charge in [-0.3, -0.25) is 0 Å². The fourth-order valence-corrected chi connectivity index (χ4v) is 3.32. The monoisotopic (exact) mass is 210 g/mol. The highest BCUT2D eigenvalue weighted by Gasteiger charge is 2.34. The second-order valence-electron chi connectivity index (χ2n) is 4.60. The van der Waals surface area contributed by atoms with Gasteiger partial charge in [-0.2, -0.15) is 0 Å². The van der Waals surface area contributed by atoms with Gasteiger partial charge in [0.25, 0.3) is 0 Å². The Kier molecular flexibility index (Phi) is 2.62. The van der Waals surface area contributed by atoms with Crippen molar-refractivity contribution < 1.29 is 0 Å². The summed E-state index contributed by atoms with van der Waals surface area (Å²) in [4.78, 5) is 5.58. The maximum atomic E-state index is 6.45. The summed E-state index contributed by atoms with van der Waals surface area (Å²) in [6, 6.07) is 0. The smallest absolute Gasteiger partial charge is 0.0897 e. The Balaban J connectivity index is 2.22. The summed E-state index contributed by atoms with van der Waals surface area (Å²) >= 11 is 1.76. The molecule has 2 rings (SSSR count). The number of thiazole rings is 1. The van der Waals surface area contributed by atoms with Crippen LogP contribution in [0.2, 0.25) is 0 Å². The zero-order valence-electron chi connectivity index (χ0n) is 8.92. The molecule has 3 heteroatoms. The van der Waals surface area contributed by atoms with Crippen LogP contribution in [0.4, 0.5) is 0 Å². The van der Waals surface area contributed by atoms with E-state index in [9.17, 15) is 0 Å². The van der Waals surface area contributed by atoms with Crippen LogP contribution in [0.25, 0.3) is 0 Å². The van der Waals surface area contributed by atoms with E-state index in [4.69, 9.17) is 5.73 Å². The van der Waals surface area contributed by atoms with Crippen LogP contribution in [0.3, 0.4) is 0 Å². The average molecular weight is 210 g/mol. The highest BCUT2D eigenvalue weighted by Crippen LogP contribution is 2.39. The largest absolute Gasteiger partial charge is 0.321 e. The van der Waals surface area contributed by atoms with Crippen molar-refractivity contribution in [1.29, 1.82) is 0 Å². The van der Waals surface area contributed by atoms with Crippen molar-refractivity contribution in [2.45, 2.75) is 45.1 Å². The third kappa shape index (κ3) is 1.84. The van der Waals surface area contributed by atoms with Crippen LogP contribution in [-0.4, -0.2) is 4.98 Å². The van der Waals surface area contributed by atoms with Crippen LogP contribution in [0.15, 0.2) is 6.20 Å². The second kappa shape index (κ2) is 3.63. The first kappa shape index (κ1) is 10.1. The van der Waals surface area contributed by atoms with Gasteiger partial charge in [-0.05, 0) is 25.7 Å². The number of hydrogen-bond donors (Lipinski definition) is 1. The zero-order chi connectivity index (χ0) is 10.2. The number of nitrogens with zero attached hydrogens (tertiary/aromatic N) is 1. The molecule has 1 saturated carbocycles. The standard InChI is InChI=1S/C11H18N2S/c1-8-4-3-5-11(12,6-8)10-7-13-9(2)14-10/h7-8H,3-6,12H2,1-2H3. The first-order chi connectivity index (χ1) is 6.60. The minimum atomic E-state index is -0.0798. The van der Waals surface area contributed by atoms with Crippen LogP contribution in [0.5, 0.6) is 0 Å². The van der Waals surface area contributed by atoms with Gasteiger partial charge in [0.15, 0.2) is 0 Å². The van der Waals surface area contributed by atoms with Crippen LogP contribution < -0.4 is 5.73 Å². The molecule has 1 aromatic rings. The molecule has 1 heterocycles. The van der Waals surface area contributed by atoms with E-state index < -0.39 is 0 Å². The number of aryl methyl sites for hydroxylation is 1. The van der Waals surface area contributed by atoms with E-state index in [1.807, 2.05) is 13.1 Å². The van der Waals surface area contributed by atoms with Crippen molar-refractivity contribution in [3.8, 4) is 0 Å². The summed E-state index contributed by atoms with van der Waals surface area (Å²) in [6.07, 6.45) is 6.80. The molecule has 78 valence electrons. The van der Waals surface area contributed by atoms with Gasteiger partial charge in [0.2, 0.25) is 0 Å². The molecule has 1 aromatic heterocycles. The Morgan fingerprint density at radius 3 is 3.00 bits per heavy atom. The molecule has 1 aliphatic rings. The van der Waals surface area contributed by atoms with Crippen molar-refractivity contribution in [3.05, 3.63) is 16.1 Å². The van der Waals surface area contributed by atoms with Gasteiger partial charge in [0.05, 0.1) is 10.5 Å². The van der Waals surface area contributed by atoms with Gasteiger partial charge >= 0.3 is 0 Å². The molecule has 14 heavy (non-hydrogen) atoms. The zero-order valence-corrected chi connectivity index (χ0v) is 9.73. The quantitative estimate of drug-likeness (QED) is 0.774. The average Bonchev–Trinajstić information content (AvgIpc) is 2.52. The SMILES string of the molecule is Cc1ncc(C2(N)CCCC(C)C2)s1. The van der Waals surface area contributed by atoms with Gasteiger partial charge in [0.1, 0.15) is 0 Å². The Labute approximate surface area is 89.5 Å². The maximum Gasteiger partial charge on any atom is 0.0897 e. The summed E-state index contributed by atoms with van der Waals surface area (Å²) in [6.45, 7) is 4.35. The van der Waals surface area contributed by atoms with E-state index >= 15 is 0 Å². The molecule has 1 aliphatic carbocycles. The van der Waals surface area contributed by atoms with Crippen LogP contribution in [-0.2, 0) is 5.54 Å². The number of rotatable bonds is 1. The highest BCUT2D eigenvalue weighted by atomic mass is 32.1. The normalized spacial score (nSPS) is 33.2. The van der Waals surface area contributed by atoms with Crippen LogP contribution in [0, 0.1) is 12.8 Å². The molecule has 0 saturated heterocycles. The highest BCUT2D eigenvalue weighted by molar-refractivity contribution is 7.11. The Bertz CT molecular complexity index is 321. The van der Waals surface area contributed by atoms with Crippen molar-refractivity contribution in [1.82, 2.24) is 4.98 Å². The fraction of sp³-hybridized carbons (Fsp3) is 0.727.